The topological polar surface area (TPSA) is 56.8 Å². The van der Waals surface area contributed by atoms with Crippen LogP contribution in [0.15, 0.2) is 0 Å². The summed E-state index contributed by atoms with van der Waals surface area (Å²) in [5, 5.41) is 3.23. The van der Waals surface area contributed by atoms with E-state index in [4.69, 9.17) is 14.2 Å². The van der Waals surface area contributed by atoms with Gasteiger partial charge in [0.2, 0.25) is 0 Å². The van der Waals surface area contributed by atoms with Gasteiger partial charge in [-0.05, 0) is 26.3 Å². The molecular weight excluding hydrogens is 222 g/mol. The maximum atomic E-state index is 11.7. The lowest BCUT2D eigenvalue weighted by atomic mass is 10.0. The van der Waals surface area contributed by atoms with Crippen LogP contribution in [0.4, 0.5) is 0 Å². The van der Waals surface area contributed by atoms with Gasteiger partial charge in [-0.1, -0.05) is 0 Å². The molecule has 5 heteroatoms. The Morgan fingerprint density at radius 2 is 2.12 bits per heavy atom. The second kappa shape index (κ2) is 8.44. The number of nitrogens with one attached hydrogen (secondary N) is 1. The number of carbonyl (C=O) groups is 1. The van der Waals surface area contributed by atoms with Gasteiger partial charge in [0.1, 0.15) is 6.61 Å². The van der Waals surface area contributed by atoms with Crippen LogP contribution in [0.5, 0.6) is 0 Å². The second-order valence-electron chi connectivity index (χ2n) is 4.26. The summed E-state index contributed by atoms with van der Waals surface area (Å²) in [7, 11) is 1.67. The Bertz CT molecular complexity index is 223. The first-order valence-electron chi connectivity index (χ1n) is 6.22. The van der Waals surface area contributed by atoms with Gasteiger partial charge in [-0.2, -0.15) is 0 Å². The van der Waals surface area contributed by atoms with Gasteiger partial charge in [0.15, 0.2) is 0 Å². The molecule has 1 saturated heterocycles. The fourth-order valence-electron chi connectivity index (χ4n) is 1.90. The summed E-state index contributed by atoms with van der Waals surface area (Å²) in [6.45, 7) is 5.06. The number of methoxy groups -OCH3 is 1. The number of hydrogen-bond donors (Lipinski definition) is 1. The van der Waals surface area contributed by atoms with Crippen molar-refractivity contribution in [3.05, 3.63) is 0 Å². The van der Waals surface area contributed by atoms with E-state index in [0.717, 1.165) is 19.4 Å². The first-order chi connectivity index (χ1) is 8.25. The van der Waals surface area contributed by atoms with Crippen molar-refractivity contribution >= 4 is 5.97 Å². The Kier molecular flexibility index (Phi) is 7.16. The average Bonchev–Trinajstić information content (AvgIpc) is 2.74. The van der Waals surface area contributed by atoms with Gasteiger partial charge in [-0.25, -0.2) is 0 Å². The van der Waals surface area contributed by atoms with Crippen LogP contribution in [-0.4, -0.2) is 52.1 Å². The van der Waals surface area contributed by atoms with Crippen molar-refractivity contribution in [2.75, 3.05) is 40.1 Å². The molecule has 0 aliphatic carbocycles. The van der Waals surface area contributed by atoms with Crippen LogP contribution in [-0.2, 0) is 19.0 Å². The summed E-state index contributed by atoms with van der Waals surface area (Å²) in [5.74, 6) is -0.105. The molecule has 100 valence electrons. The molecule has 0 amide bonds. The Morgan fingerprint density at radius 1 is 1.29 bits per heavy atom. The predicted octanol–water partition coefficient (Wildman–Crippen LogP) is 0.581. The van der Waals surface area contributed by atoms with E-state index in [0.29, 0.717) is 26.4 Å². The van der Waals surface area contributed by atoms with Crippen molar-refractivity contribution in [2.24, 2.45) is 5.92 Å². The third kappa shape index (κ3) is 5.48. The Balaban J connectivity index is 1.97. The molecule has 0 aromatic carbocycles. The largest absolute Gasteiger partial charge is 0.463 e. The minimum absolute atomic E-state index is 0.00323. The fourth-order valence-corrected chi connectivity index (χ4v) is 1.90. The van der Waals surface area contributed by atoms with Crippen LogP contribution in [0.3, 0.4) is 0 Å². The Hall–Kier alpha value is -0.650. The van der Waals surface area contributed by atoms with Crippen molar-refractivity contribution in [1.82, 2.24) is 5.32 Å². The Labute approximate surface area is 103 Å². The molecule has 0 spiro atoms. The molecule has 2 unspecified atom stereocenters. The highest BCUT2D eigenvalue weighted by Gasteiger charge is 2.30. The fraction of sp³-hybridized carbons (Fsp3) is 0.917. The van der Waals surface area contributed by atoms with Gasteiger partial charge in [-0.15, -0.1) is 0 Å². The first-order valence-corrected chi connectivity index (χ1v) is 6.22. The van der Waals surface area contributed by atoms with Crippen molar-refractivity contribution in [2.45, 2.75) is 25.8 Å². The molecule has 1 heterocycles. The van der Waals surface area contributed by atoms with Crippen LogP contribution >= 0.6 is 0 Å². The summed E-state index contributed by atoms with van der Waals surface area (Å²) >= 11 is 0. The molecule has 0 aromatic heterocycles. The van der Waals surface area contributed by atoms with E-state index in [1.165, 1.54) is 0 Å². The van der Waals surface area contributed by atoms with Gasteiger partial charge >= 0.3 is 5.97 Å². The molecule has 0 radical (unpaired) electrons. The molecule has 5 nitrogen and oxygen atoms in total. The molecule has 1 rings (SSSR count). The standard InChI is InChI=1S/C12H23NO4/c1-10-11(4-5-13-10)12(14)17-9-8-16-7-3-6-15-2/h10-11,13H,3-9H2,1-2H3. The number of ether oxygens (including phenoxy) is 3. The van der Waals surface area contributed by atoms with Gasteiger partial charge in [-0.3, -0.25) is 4.79 Å². The maximum Gasteiger partial charge on any atom is 0.310 e. The van der Waals surface area contributed by atoms with Crippen LogP contribution in [0.2, 0.25) is 0 Å². The maximum absolute atomic E-state index is 11.7. The zero-order chi connectivity index (χ0) is 12.5. The van der Waals surface area contributed by atoms with E-state index in [2.05, 4.69) is 5.32 Å². The highest BCUT2D eigenvalue weighted by atomic mass is 16.6. The molecule has 2 atom stereocenters. The number of rotatable bonds is 8. The van der Waals surface area contributed by atoms with Crippen molar-refractivity contribution in [1.29, 1.82) is 0 Å². The van der Waals surface area contributed by atoms with E-state index in [1.54, 1.807) is 7.11 Å². The monoisotopic (exact) mass is 245 g/mol. The van der Waals surface area contributed by atoms with Gasteiger partial charge < -0.3 is 19.5 Å². The third-order valence-corrected chi connectivity index (χ3v) is 2.94. The molecule has 0 aromatic rings. The second-order valence-corrected chi connectivity index (χ2v) is 4.26. The highest BCUT2D eigenvalue weighted by molar-refractivity contribution is 5.73. The first kappa shape index (κ1) is 14.4. The number of carbonyl (C=O) groups excluding carboxylic acids is 1. The molecule has 0 bridgehead atoms. The molecule has 1 fully saturated rings. The van der Waals surface area contributed by atoms with E-state index >= 15 is 0 Å². The molecular formula is C12H23NO4. The van der Waals surface area contributed by atoms with Crippen LogP contribution in [0, 0.1) is 5.92 Å². The SMILES string of the molecule is COCCCOCCOC(=O)C1CCNC1C. The van der Waals surface area contributed by atoms with Crippen molar-refractivity contribution in [3.8, 4) is 0 Å². The smallest absolute Gasteiger partial charge is 0.310 e. The minimum Gasteiger partial charge on any atom is -0.463 e. The van der Waals surface area contributed by atoms with Gasteiger partial charge in [0, 0.05) is 26.4 Å². The predicted molar refractivity (Wildman–Crippen MR) is 63.8 cm³/mol. The van der Waals surface area contributed by atoms with Gasteiger partial charge in [0.25, 0.3) is 0 Å². The zero-order valence-electron chi connectivity index (χ0n) is 10.7. The summed E-state index contributed by atoms with van der Waals surface area (Å²) < 4.78 is 15.4. The van der Waals surface area contributed by atoms with Crippen LogP contribution in [0.25, 0.3) is 0 Å². The van der Waals surface area contributed by atoms with Crippen LogP contribution in [0.1, 0.15) is 19.8 Å². The highest BCUT2D eigenvalue weighted by Crippen LogP contribution is 2.16. The van der Waals surface area contributed by atoms with Crippen molar-refractivity contribution in [3.63, 3.8) is 0 Å². The molecule has 1 aliphatic heterocycles. The quantitative estimate of drug-likeness (QED) is 0.501. The zero-order valence-corrected chi connectivity index (χ0v) is 10.7. The lowest BCUT2D eigenvalue weighted by Gasteiger charge is -2.14. The lowest BCUT2D eigenvalue weighted by Crippen LogP contribution is -2.30. The minimum atomic E-state index is -0.108. The number of esters is 1. The van der Waals surface area contributed by atoms with Gasteiger partial charge in [0.05, 0.1) is 12.5 Å². The van der Waals surface area contributed by atoms with E-state index < -0.39 is 0 Å². The van der Waals surface area contributed by atoms with Crippen LogP contribution < -0.4 is 5.32 Å². The summed E-state index contributed by atoms with van der Waals surface area (Å²) in [4.78, 5) is 11.7. The van der Waals surface area contributed by atoms with E-state index in [9.17, 15) is 4.79 Å². The molecule has 1 N–H and O–H groups in total. The molecule has 17 heavy (non-hydrogen) atoms. The average molecular weight is 245 g/mol. The summed E-state index contributed by atoms with van der Waals surface area (Å²) in [6, 6.07) is 0.227. The Morgan fingerprint density at radius 3 is 2.76 bits per heavy atom. The number of hydrogen-bond acceptors (Lipinski definition) is 5. The van der Waals surface area contributed by atoms with Crippen molar-refractivity contribution < 1.29 is 19.0 Å². The summed E-state index contributed by atoms with van der Waals surface area (Å²) in [6.07, 6.45) is 1.74. The van der Waals surface area contributed by atoms with E-state index in [-0.39, 0.29) is 17.9 Å². The van der Waals surface area contributed by atoms with E-state index in [1.807, 2.05) is 6.92 Å². The third-order valence-electron chi connectivity index (χ3n) is 2.94. The molecule has 0 saturated carbocycles. The lowest BCUT2D eigenvalue weighted by molar-refractivity contribution is -0.150. The molecule has 1 aliphatic rings. The summed E-state index contributed by atoms with van der Waals surface area (Å²) in [5.41, 5.74) is 0. The normalized spacial score (nSPS) is 23.9.